The van der Waals surface area contributed by atoms with Gasteiger partial charge in [0.25, 0.3) is 0 Å². The number of piperazine rings is 1. The lowest BCUT2D eigenvalue weighted by molar-refractivity contribution is 0.0962. The molecule has 0 aliphatic carbocycles. The highest BCUT2D eigenvalue weighted by molar-refractivity contribution is 7.15. The molecule has 1 atom stereocenters. The lowest BCUT2D eigenvalue weighted by atomic mass is 10.2. The van der Waals surface area contributed by atoms with E-state index in [-0.39, 0.29) is 0 Å². The third-order valence-electron chi connectivity index (χ3n) is 3.97. The number of nitrogens with zero attached hydrogens (tertiary/aromatic N) is 4. The monoisotopic (exact) mass is 297 g/mol. The van der Waals surface area contributed by atoms with Gasteiger partial charge in [-0.2, -0.15) is 0 Å². The van der Waals surface area contributed by atoms with Gasteiger partial charge >= 0.3 is 0 Å². The first-order valence-corrected chi connectivity index (χ1v) is 8.57. The molecule has 5 nitrogen and oxygen atoms in total. The molecule has 2 heterocycles. The van der Waals surface area contributed by atoms with Crippen LogP contribution >= 0.6 is 11.3 Å². The zero-order valence-electron chi connectivity index (χ0n) is 12.9. The van der Waals surface area contributed by atoms with E-state index in [1.165, 1.54) is 19.5 Å². The van der Waals surface area contributed by atoms with Crippen molar-refractivity contribution in [1.29, 1.82) is 0 Å². The molecule has 0 bridgehead atoms. The molecule has 114 valence electrons. The van der Waals surface area contributed by atoms with Gasteiger partial charge in [-0.3, -0.25) is 9.80 Å². The first-order chi connectivity index (χ1) is 9.72. The number of aromatic nitrogens is 2. The molecule has 1 fully saturated rings. The van der Waals surface area contributed by atoms with Gasteiger partial charge in [-0.25, -0.2) is 0 Å². The summed E-state index contributed by atoms with van der Waals surface area (Å²) in [4.78, 5) is 5.08. The van der Waals surface area contributed by atoms with Crippen molar-refractivity contribution in [3.63, 3.8) is 0 Å². The van der Waals surface area contributed by atoms with Crippen molar-refractivity contribution in [2.24, 2.45) is 0 Å². The zero-order valence-corrected chi connectivity index (χ0v) is 13.7. The predicted octanol–water partition coefficient (Wildman–Crippen LogP) is 2.28. The minimum absolute atomic E-state index is 0.712. The molecular weight excluding hydrogens is 270 g/mol. The first kappa shape index (κ1) is 15.7. The summed E-state index contributed by atoms with van der Waals surface area (Å²) in [5.74, 6) is 0. The fourth-order valence-corrected chi connectivity index (χ4v) is 3.24. The Morgan fingerprint density at radius 1 is 1.20 bits per heavy atom. The molecule has 20 heavy (non-hydrogen) atoms. The van der Waals surface area contributed by atoms with Crippen LogP contribution in [-0.4, -0.2) is 58.8 Å². The molecule has 1 aliphatic heterocycles. The van der Waals surface area contributed by atoms with Gasteiger partial charge in [0.15, 0.2) is 0 Å². The standard InChI is InChI=1S/C14H27N5S/c1-4-6-15-14-17-16-13(20-14)11-18-7-9-19(10-8-18)12(3)5-2/h12H,4-11H2,1-3H3,(H,15,17). The Morgan fingerprint density at radius 2 is 1.95 bits per heavy atom. The van der Waals surface area contributed by atoms with E-state index >= 15 is 0 Å². The molecular formula is C14H27N5S. The summed E-state index contributed by atoms with van der Waals surface area (Å²) >= 11 is 1.69. The smallest absolute Gasteiger partial charge is 0.205 e. The normalized spacial score (nSPS) is 19.1. The van der Waals surface area contributed by atoms with Gasteiger partial charge in [0.05, 0.1) is 6.54 Å². The highest BCUT2D eigenvalue weighted by atomic mass is 32.1. The van der Waals surface area contributed by atoms with E-state index in [1.807, 2.05) is 0 Å². The minimum Gasteiger partial charge on any atom is -0.360 e. The predicted molar refractivity (Wildman–Crippen MR) is 85.3 cm³/mol. The zero-order chi connectivity index (χ0) is 14.4. The van der Waals surface area contributed by atoms with Gasteiger partial charge in [-0.15, -0.1) is 10.2 Å². The van der Waals surface area contributed by atoms with Crippen molar-refractivity contribution in [3.8, 4) is 0 Å². The summed E-state index contributed by atoms with van der Waals surface area (Å²) in [6.45, 7) is 13.3. The maximum atomic E-state index is 4.28. The average molecular weight is 297 g/mol. The second-order valence-corrected chi connectivity index (χ2v) is 6.56. The van der Waals surface area contributed by atoms with E-state index in [0.717, 1.165) is 42.7 Å². The summed E-state index contributed by atoms with van der Waals surface area (Å²) in [6.07, 6.45) is 2.36. The molecule has 2 rings (SSSR count). The molecule has 0 saturated carbocycles. The van der Waals surface area contributed by atoms with Crippen LogP contribution in [0.4, 0.5) is 5.13 Å². The minimum atomic E-state index is 0.712. The van der Waals surface area contributed by atoms with E-state index in [9.17, 15) is 0 Å². The van der Waals surface area contributed by atoms with Crippen LogP contribution in [0, 0.1) is 0 Å². The molecule has 1 N–H and O–H groups in total. The molecule has 0 radical (unpaired) electrons. The van der Waals surface area contributed by atoms with Crippen LogP contribution in [0.1, 0.15) is 38.6 Å². The van der Waals surface area contributed by atoms with E-state index in [0.29, 0.717) is 6.04 Å². The largest absolute Gasteiger partial charge is 0.360 e. The summed E-state index contributed by atoms with van der Waals surface area (Å²) < 4.78 is 0. The van der Waals surface area contributed by atoms with E-state index in [2.05, 4.69) is 46.1 Å². The second kappa shape index (κ2) is 7.90. The van der Waals surface area contributed by atoms with E-state index in [4.69, 9.17) is 0 Å². The maximum absolute atomic E-state index is 4.28. The Bertz CT molecular complexity index is 387. The fourth-order valence-electron chi connectivity index (χ4n) is 2.43. The van der Waals surface area contributed by atoms with Gasteiger partial charge in [-0.05, 0) is 19.8 Å². The number of hydrogen-bond acceptors (Lipinski definition) is 6. The summed E-state index contributed by atoms with van der Waals surface area (Å²) in [5, 5.41) is 13.9. The van der Waals surface area contributed by atoms with Crippen LogP contribution in [0.15, 0.2) is 0 Å². The topological polar surface area (TPSA) is 44.3 Å². The lowest BCUT2D eigenvalue weighted by Crippen LogP contribution is -2.48. The van der Waals surface area contributed by atoms with Crippen LogP contribution in [0.25, 0.3) is 0 Å². The van der Waals surface area contributed by atoms with Gasteiger partial charge in [0.2, 0.25) is 5.13 Å². The average Bonchev–Trinajstić information content (AvgIpc) is 2.92. The Labute approximate surface area is 126 Å². The quantitative estimate of drug-likeness (QED) is 0.836. The van der Waals surface area contributed by atoms with Gasteiger partial charge in [-0.1, -0.05) is 25.2 Å². The SMILES string of the molecule is CCCNc1nnc(CN2CCN(C(C)CC)CC2)s1. The van der Waals surface area contributed by atoms with Gasteiger partial charge < -0.3 is 5.32 Å². The van der Waals surface area contributed by atoms with Crippen molar-refractivity contribution < 1.29 is 0 Å². The van der Waals surface area contributed by atoms with Crippen LogP contribution in [-0.2, 0) is 6.54 Å². The first-order valence-electron chi connectivity index (χ1n) is 7.75. The molecule has 1 unspecified atom stereocenters. The molecule has 1 aromatic rings. The van der Waals surface area contributed by atoms with Crippen molar-refractivity contribution in [3.05, 3.63) is 5.01 Å². The van der Waals surface area contributed by atoms with Crippen LogP contribution in [0.3, 0.4) is 0 Å². The number of rotatable bonds is 7. The summed E-state index contributed by atoms with van der Waals surface area (Å²) in [5.41, 5.74) is 0. The van der Waals surface area contributed by atoms with Crippen molar-refractivity contribution in [2.75, 3.05) is 38.0 Å². The molecule has 1 aromatic heterocycles. The number of anilines is 1. The van der Waals surface area contributed by atoms with Crippen LogP contribution < -0.4 is 5.32 Å². The van der Waals surface area contributed by atoms with Crippen LogP contribution in [0.5, 0.6) is 0 Å². The number of hydrogen-bond donors (Lipinski definition) is 1. The van der Waals surface area contributed by atoms with Gasteiger partial charge in [0.1, 0.15) is 5.01 Å². The fraction of sp³-hybridized carbons (Fsp3) is 0.857. The van der Waals surface area contributed by atoms with E-state index < -0.39 is 0 Å². The van der Waals surface area contributed by atoms with E-state index in [1.54, 1.807) is 11.3 Å². The Hall–Kier alpha value is -0.720. The second-order valence-electron chi connectivity index (χ2n) is 5.50. The van der Waals surface area contributed by atoms with Crippen molar-refractivity contribution in [1.82, 2.24) is 20.0 Å². The van der Waals surface area contributed by atoms with Crippen molar-refractivity contribution in [2.45, 2.75) is 46.2 Å². The van der Waals surface area contributed by atoms with Gasteiger partial charge in [0, 0.05) is 38.8 Å². The Morgan fingerprint density at radius 3 is 2.60 bits per heavy atom. The highest BCUT2D eigenvalue weighted by Gasteiger charge is 2.20. The lowest BCUT2D eigenvalue weighted by Gasteiger charge is -2.37. The Kier molecular flexibility index (Phi) is 6.19. The Balaban J connectivity index is 1.76. The summed E-state index contributed by atoms with van der Waals surface area (Å²) in [6, 6.07) is 0.712. The highest BCUT2D eigenvalue weighted by Crippen LogP contribution is 2.18. The van der Waals surface area contributed by atoms with Crippen LogP contribution in [0.2, 0.25) is 0 Å². The third kappa shape index (κ3) is 4.40. The number of nitrogens with one attached hydrogen (secondary N) is 1. The molecule has 1 aliphatic rings. The molecule has 0 amide bonds. The van der Waals surface area contributed by atoms with Crippen molar-refractivity contribution >= 4 is 16.5 Å². The molecule has 0 spiro atoms. The molecule has 6 heteroatoms. The molecule has 1 saturated heterocycles. The summed E-state index contributed by atoms with van der Waals surface area (Å²) in [7, 11) is 0. The molecule has 0 aromatic carbocycles. The maximum Gasteiger partial charge on any atom is 0.205 e. The third-order valence-corrected chi connectivity index (χ3v) is 4.84.